The Labute approximate surface area is 122 Å². The summed E-state index contributed by atoms with van der Waals surface area (Å²) < 4.78 is 0. The number of nitrogens with zero attached hydrogens (tertiary/aromatic N) is 1. The molecule has 20 heavy (non-hydrogen) atoms. The van der Waals surface area contributed by atoms with Crippen molar-refractivity contribution < 1.29 is 4.79 Å². The first-order valence-electron chi connectivity index (χ1n) is 7.77. The van der Waals surface area contributed by atoms with Crippen molar-refractivity contribution in [3.05, 3.63) is 35.4 Å². The van der Waals surface area contributed by atoms with Gasteiger partial charge >= 0.3 is 0 Å². The van der Waals surface area contributed by atoms with Gasteiger partial charge in [-0.05, 0) is 46.1 Å². The van der Waals surface area contributed by atoms with Crippen LogP contribution < -0.4 is 0 Å². The molecule has 0 unspecified atom stereocenters. The van der Waals surface area contributed by atoms with Gasteiger partial charge in [0.25, 0.3) is 0 Å². The van der Waals surface area contributed by atoms with Gasteiger partial charge in [0, 0.05) is 5.54 Å². The molecule has 0 aromatic heterocycles. The molecular weight excluding hydrogens is 246 g/mol. The lowest BCUT2D eigenvalue weighted by molar-refractivity contribution is -0.184. The molecule has 2 aliphatic rings. The molecule has 3 rings (SSSR count). The number of rotatable bonds is 1. The summed E-state index contributed by atoms with van der Waals surface area (Å²) in [5.41, 5.74) is 2.40. The van der Waals surface area contributed by atoms with Crippen LogP contribution in [0.5, 0.6) is 0 Å². The molecule has 1 heterocycles. The molecule has 2 nitrogen and oxygen atoms in total. The summed E-state index contributed by atoms with van der Waals surface area (Å²) in [5.74, 6) is 0.382. The lowest BCUT2D eigenvalue weighted by Gasteiger charge is -2.60. The fourth-order valence-corrected chi connectivity index (χ4v) is 4.06. The van der Waals surface area contributed by atoms with Gasteiger partial charge < -0.3 is 4.90 Å². The Hall–Kier alpha value is -1.31. The Bertz CT molecular complexity index is 517. The standard InChI is InChI=1S/C18H25NO/c1-13-7-9-14(10-8-13)15-18(11-5-6-12-18)16(20)19(15)17(2,3)4/h7-10,15H,5-6,11-12H2,1-4H3/t15-/m1/s1. The Morgan fingerprint density at radius 2 is 1.65 bits per heavy atom. The lowest BCUT2D eigenvalue weighted by atomic mass is 9.64. The predicted molar refractivity (Wildman–Crippen MR) is 81.4 cm³/mol. The maximum absolute atomic E-state index is 12.8. The van der Waals surface area contributed by atoms with Crippen LogP contribution in [0.2, 0.25) is 0 Å². The first-order chi connectivity index (χ1) is 9.36. The Kier molecular flexibility index (Phi) is 2.97. The van der Waals surface area contributed by atoms with Crippen LogP contribution in [0.1, 0.15) is 63.6 Å². The molecule has 1 aromatic carbocycles. The summed E-state index contributed by atoms with van der Waals surface area (Å²) in [6.07, 6.45) is 4.53. The molecule has 1 aliphatic carbocycles. The molecule has 2 fully saturated rings. The second-order valence-corrected chi connectivity index (χ2v) is 7.52. The molecule has 1 spiro atoms. The van der Waals surface area contributed by atoms with E-state index in [2.05, 4.69) is 56.9 Å². The fraction of sp³-hybridized carbons (Fsp3) is 0.611. The summed E-state index contributed by atoms with van der Waals surface area (Å²) >= 11 is 0. The predicted octanol–water partition coefficient (Wildman–Crippen LogP) is 4.24. The summed E-state index contributed by atoms with van der Waals surface area (Å²) in [6, 6.07) is 9.04. The third kappa shape index (κ3) is 1.81. The molecule has 1 aromatic rings. The SMILES string of the molecule is Cc1ccc([C@H]2N(C(C)(C)C)C(=O)C23CCCC3)cc1. The maximum Gasteiger partial charge on any atom is 0.232 e. The minimum Gasteiger partial charge on any atom is -0.329 e. The zero-order chi connectivity index (χ0) is 14.5. The summed E-state index contributed by atoms with van der Waals surface area (Å²) in [6.45, 7) is 8.55. The van der Waals surface area contributed by atoms with Gasteiger partial charge in [0.15, 0.2) is 0 Å². The van der Waals surface area contributed by atoms with Crippen LogP contribution in [-0.2, 0) is 4.79 Å². The monoisotopic (exact) mass is 271 g/mol. The van der Waals surface area contributed by atoms with Crippen molar-refractivity contribution in [2.45, 2.75) is 65.0 Å². The molecule has 0 bridgehead atoms. The summed E-state index contributed by atoms with van der Waals surface area (Å²) in [5, 5.41) is 0. The van der Waals surface area contributed by atoms with Gasteiger partial charge in [-0.15, -0.1) is 0 Å². The lowest BCUT2D eigenvalue weighted by Crippen LogP contribution is -2.67. The summed E-state index contributed by atoms with van der Waals surface area (Å²) in [4.78, 5) is 14.9. The normalized spacial score (nSPS) is 25.1. The third-order valence-corrected chi connectivity index (χ3v) is 5.04. The van der Waals surface area contributed by atoms with E-state index in [4.69, 9.17) is 0 Å². The van der Waals surface area contributed by atoms with Crippen LogP contribution in [0.15, 0.2) is 24.3 Å². The van der Waals surface area contributed by atoms with Crippen LogP contribution in [0, 0.1) is 12.3 Å². The van der Waals surface area contributed by atoms with Gasteiger partial charge in [0.05, 0.1) is 11.5 Å². The Morgan fingerprint density at radius 3 is 2.15 bits per heavy atom. The average Bonchev–Trinajstić information content (AvgIpc) is 2.87. The van der Waals surface area contributed by atoms with Crippen LogP contribution in [-0.4, -0.2) is 16.3 Å². The Morgan fingerprint density at radius 1 is 1.10 bits per heavy atom. The van der Waals surface area contributed by atoms with Crippen molar-refractivity contribution in [3.8, 4) is 0 Å². The minimum absolute atomic E-state index is 0.0947. The molecule has 1 saturated carbocycles. The maximum atomic E-state index is 12.8. The van der Waals surface area contributed by atoms with E-state index >= 15 is 0 Å². The highest BCUT2D eigenvalue weighted by Gasteiger charge is 2.63. The number of hydrogen-bond acceptors (Lipinski definition) is 1. The molecule has 1 aliphatic heterocycles. The number of hydrogen-bond donors (Lipinski definition) is 0. The smallest absolute Gasteiger partial charge is 0.232 e. The van der Waals surface area contributed by atoms with Gasteiger partial charge in [-0.25, -0.2) is 0 Å². The number of carbonyl (C=O) groups excluding carboxylic acids is 1. The zero-order valence-corrected chi connectivity index (χ0v) is 13.1. The second kappa shape index (κ2) is 4.34. The van der Waals surface area contributed by atoms with Crippen molar-refractivity contribution >= 4 is 5.91 Å². The van der Waals surface area contributed by atoms with Crippen molar-refractivity contribution in [2.75, 3.05) is 0 Å². The van der Waals surface area contributed by atoms with Crippen molar-refractivity contribution in [3.63, 3.8) is 0 Å². The molecular formula is C18H25NO. The fourth-order valence-electron chi connectivity index (χ4n) is 4.06. The number of benzene rings is 1. The molecule has 2 heteroatoms. The van der Waals surface area contributed by atoms with E-state index in [1.54, 1.807) is 0 Å². The van der Waals surface area contributed by atoms with E-state index in [1.165, 1.54) is 24.0 Å². The quantitative estimate of drug-likeness (QED) is 0.700. The number of aryl methyl sites for hydroxylation is 1. The van der Waals surface area contributed by atoms with E-state index < -0.39 is 0 Å². The molecule has 108 valence electrons. The molecule has 1 saturated heterocycles. The van der Waals surface area contributed by atoms with Gasteiger partial charge in [-0.1, -0.05) is 42.7 Å². The number of carbonyl (C=O) groups is 1. The first kappa shape index (κ1) is 13.7. The second-order valence-electron chi connectivity index (χ2n) is 7.52. The van der Waals surface area contributed by atoms with E-state index in [1.807, 2.05) is 0 Å². The Balaban J connectivity index is 2.02. The van der Waals surface area contributed by atoms with Gasteiger partial charge in [0.1, 0.15) is 0 Å². The minimum atomic E-state index is -0.0967. The van der Waals surface area contributed by atoms with Crippen LogP contribution >= 0.6 is 0 Å². The molecule has 0 radical (unpaired) electrons. The van der Waals surface area contributed by atoms with Crippen molar-refractivity contribution in [1.29, 1.82) is 0 Å². The zero-order valence-electron chi connectivity index (χ0n) is 13.1. The molecule has 1 amide bonds. The average molecular weight is 271 g/mol. The third-order valence-electron chi connectivity index (χ3n) is 5.04. The molecule has 1 atom stereocenters. The van der Waals surface area contributed by atoms with Gasteiger partial charge in [-0.3, -0.25) is 4.79 Å². The largest absolute Gasteiger partial charge is 0.329 e. The van der Waals surface area contributed by atoms with Crippen LogP contribution in [0.25, 0.3) is 0 Å². The molecule has 0 N–H and O–H groups in total. The van der Waals surface area contributed by atoms with Crippen LogP contribution in [0.4, 0.5) is 0 Å². The van der Waals surface area contributed by atoms with Crippen molar-refractivity contribution in [2.24, 2.45) is 5.41 Å². The topological polar surface area (TPSA) is 20.3 Å². The van der Waals surface area contributed by atoms with Gasteiger partial charge in [-0.2, -0.15) is 0 Å². The van der Waals surface area contributed by atoms with E-state index in [0.29, 0.717) is 5.91 Å². The highest BCUT2D eigenvalue weighted by Crippen LogP contribution is 2.61. The first-order valence-corrected chi connectivity index (χ1v) is 7.77. The van der Waals surface area contributed by atoms with Gasteiger partial charge in [0.2, 0.25) is 5.91 Å². The van der Waals surface area contributed by atoms with Crippen LogP contribution in [0.3, 0.4) is 0 Å². The highest BCUT2D eigenvalue weighted by atomic mass is 16.2. The van der Waals surface area contributed by atoms with E-state index in [9.17, 15) is 4.79 Å². The number of likely N-dealkylation sites (tertiary alicyclic amines) is 1. The number of β-lactam (4-membered cyclic amide) rings is 1. The van der Waals surface area contributed by atoms with Crippen molar-refractivity contribution in [1.82, 2.24) is 4.90 Å². The highest BCUT2D eigenvalue weighted by molar-refractivity contribution is 5.91. The summed E-state index contributed by atoms with van der Waals surface area (Å²) in [7, 11) is 0. The van der Waals surface area contributed by atoms with E-state index in [-0.39, 0.29) is 17.0 Å². The van der Waals surface area contributed by atoms with E-state index in [0.717, 1.165) is 12.8 Å². The number of amides is 1.